The van der Waals surface area contributed by atoms with Crippen LogP contribution in [-0.2, 0) is 21.0 Å². The van der Waals surface area contributed by atoms with E-state index in [0.717, 1.165) is 11.1 Å². The van der Waals surface area contributed by atoms with E-state index in [1.54, 1.807) is 24.3 Å². The molecule has 1 N–H and O–H groups in total. The molecule has 0 heterocycles. The second kappa shape index (κ2) is 6.65. The van der Waals surface area contributed by atoms with Crippen molar-refractivity contribution in [2.24, 2.45) is 0 Å². The van der Waals surface area contributed by atoms with Crippen molar-refractivity contribution in [3.8, 4) is 0 Å². The van der Waals surface area contributed by atoms with Gasteiger partial charge in [0.05, 0.1) is 0 Å². The molecule has 0 spiro atoms. The molecule has 20 heavy (non-hydrogen) atoms. The van der Waals surface area contributed by atoms with Crippen molar-refractivity contribution in [2.75, 3.05) is 0 Å². The smallest absolute Gasteiger partial charge is 0.264 e. The van der Waals surface area contributed by atoms with Gasteiger partial charge in [-0.2, -0.15) is 8.42 Å². The summed E-state index contributed by atoms with van der Waals surface area (Å²) in [6.07, 6.45) is 0.440. The van der Waals surface area contributed by atoms with Crippen molar-refractivity contribution in [3.63, 3.8) is 0 Å². The molecule has 0 aromatic heterocycles. The topological polar surface area (TPSA) is 63.6 Å². The van der Waals surface area contributed by atoms with E-state index in [1.165, 1.54) is 0 Å². The van der Waals surface area contributed by atoms with Crippen LogP contribution in [0.25, 0.3) is 0 Å². The molecule has 106 valence electrons. The summed E-state index contributed by atoms with van der Waals surface area (Å²) >= 11 is 0. The second-order valence-electron chi connectivity index (χ2n) is 4.45. The first-order valence-corrected chi connectivity index (χ1v) is 7.66. The van der Waals surface area contributed by atoms with Crippen LogP contribution < -0.4 is 0 Å². The van der Waals surface area contributed by atoms with Crippen LogP contribution in [0.4, 0.5) is 0 Å². The molecule has 0 aliphatic heterocycles. The summed E-state index contributed by atoms with van der Waals surface area (Å²) in [5.41, 5.74) is 1.81. The number of hydrogen-bond donors (Lipinski definition) is 1. The molecule has 0 aliphatic carbocycles. The first-order chi connectivity index (χ1) is 9.54. The molecule has 4 nitrogen and oxygen atoms in total. The molecular formula is C15H16O4S. The number of benzene rings is 2. The molecular weight excluding hydrogens is 276 g/mol. The Morgan fingerprint density at radius 2 is 1.50 bits per heavy atom. The third-order valence-corrected chi connectivity index (χ3v) is 3.42. The largest absolute Gasteiger partial charge is 0.397 e. The summed E-state index contributed by atoms with van der Waals surface area (Å²) in [4.78, 5) is 0. The zero-order chi connectivity index (χ0) is 14.4. The van der Waals surface area contributed by atoms with E-state index in [4.69, 9.17) is 8.74 Å². The highest BCUT2D eigenvalue weighted by atomic mass is 32.3. The minimum Gasteiger partial charge on any atom is -0.264 e. The third-order valence-electron chi connectivity index (χ3n) is 2.95. The van der Waals surface area contributed by atoms with Crippen LogP contribution in [0.1, 0.15) is 23.7 Å². The predicted molar refractivity (Wildman–Crippen MR) is 76.6 cm³/mol. The zero-order valence-electron chi connectivity index (χ0n) is 10.8. The SMILES string of the molecule is O=S(=O)(O)OC(CCc1ccccc1)c1ccccc1. The summed E-state index contributed by atoms with van der Waals surface area (Å²) in [6.45, 7) is 0. The van der Waals surface area contributed by atoms with E-state index in [9.17, 15) is 8.42 Å². The molecule has 0 saturated carbocycles. The lowest BCUT2D eigenvalue weighted by Gasteiger charge is -2.15. The minimum atomic E-state index is -4.48. The van der Waals surface area contributed by atoms with Gasteiger partial charge in [0.1, 0.15) is 6.10 Å². The first-order valence-electron chi connectivity index (χ1n) is 6.29. The maximum atomic E-state index is 11.0. The van der Waals surface area contributed by atoms with Crippen LogP contribution in [0.3, 0.4) is 0 Å². The van der Waals surface area contributed by atoms with Crippen molar-refractivity contribution in [2.45, 2.75) is 18.9 Å². The van der Waals surface area contributed by atoms with E-state index < -0.39 is 16.5 Å². The summed E-state index contributed by atoms with van der Waals surface area (Å²) in [5, 5.41) is 0. The second-order valence-corrected chi connectivity index (χ2v) is 5.50. The van der Waals surface area contributed by atoms with Crippen molar-refractivity contribution in [1.29, 1.82) is 0 Å². The van der Waals surface area contributed by atoms with Crippen LogP contribution in [0, 0.1) is 0 Å². The molecule has 1 atom stereocenters. The van der Waals surface area contributed by atoms with E-state index in [2.05, 4.69) is 0 Å². The molecule has 2 rings (SSSR count). The Hall–Kier alpha value is -1.69. The van der Waals surface area contributed by atoms with Gasteiger partial charge in [-0.15, -0.1) is 0 Å². The average molecular weight is 292 g/mol. The van der Waals surface area contributed by atoms with E-state index in [-0.39, 0.29) is 0 Å². The van der Waals surface area contributed by atoms with Gasteiger partial charge >= 0.3 is 10.4 Å². The summed E-state index contributed by atoms with van der Waals surface area (Å²) in [6, 6.07) is 18.7. The summed E-state index contributed by atoms with van der Waals surface area (Å²) in [7, 11) is -4.48. The van der Waals surface area contributed by atoms with Crippen LogP contribution in [0.15, 0.2) is 60.7 Å². The Morgan fingerprint density at radius 3 is 2.05 bits per heavy atom. The molecule has 2 aromatic carbocycles. The van der Waals surface area contributed by atoms with Crippen molar-refractivity contribution in [1.82, 2.24) is 0 Å². The van der Waals surface area contributed by atoms with Gasteiger partial charge in [0, 0.05) is 0 Å². The highest BCUT2D eigenvalue weighted by molar-refractivity contribution is 7.80. The number of aryl methyl sites for hydroxylation is 1. The van der Waals surface area contributed by atoms with Crippen LogP contribution in [0.2, 0.25) is 0 Å². The van der Waals surface area contributed by atoms with E-state index in [0.29, 0.717) is 12.8 Å². The number of hydrogen-bond acceptors (Lipinski definition) is 3. The standard InChI is InChI=1S/C15H16O4S/c16-20(17,18)19-15(14-9-5-2-6-10-14)12-11-13-7-3-1-4-8-13/h1-10,15H,11-12H2,(H,16,17,18). The lowest BCUT2D eigenvalue weighted by molar-refractivity contribution is 0.175. The quantitative estimate of drug-likeness (QED) is 0.831. The molecule has 1 unspecified atom stereocenters. The van der Waals surface area contributed by atoms with Crippen molar-refractivity contribution < 1.29 is 17.2 Å². The van der Waals surface area contributed by atoms with Gasteiger partial charge < -0.3 is 0 Å². The molecule has 0 radical (unpaired) electrons. The van der Waals surface area contributed by atoms with Crippen LogP contribution in [0.5, 0.6) is 0 Å². The Kier molecular flexibility index (Phi) is 4.89. The molecule has 5 heteroatoms. The average Bonchev–Trinajstić information content (AvgIpc) is 2.44. The van der Waals surface area contributed by atoms with Crippen LogP contribution >= 0.6 is 0 Å². The van der Waals surface area contributed by atoms with Gasteiger partial charge in [0.2, 0.25) is 0 Å². The minimum absolute atomic E-state index is 0.466. The maximum Gasteiger partial charge on any atom is 0.397 e. The number of rotatable bonds is 6. The van der Waals surface area contributed by atoms with Crippen LogP contribution in [-0.4, -0.2) is 13.0 Å². The Balaban J connectivity index is 2.11. The fraction of sp³-hybridized carbons (Fsp3) is 0.200. The van der Waals surface area contributed by atoms with Gasteiger partial charge in [-0.3, -0.25) is 4.55 Å². The fourth-order valence-electron chi connectivity index (χ4n) is 2.03. The summed E-state index contributed by atoms with van der Waals surface area (Å²) < 4.78 is 35.6. The van der Waals surface area contributed by atoms with Crippen molar-refractivity contribution in [3.05, 3.63) is 71.8 Å². The van der Waals surface area contributed by atoms with Gasteiger partial charge in [-0.1, -0.05) is 60.7 Å². The van der Waals surface area contributed by atoms with E-state index in [1.807, 2.05) is 36.4 Å². The Bertz CT molecular complexity index is 623. The molecule has 0 bridgehead atoms. The molecule has 0 saturated heterocycles. The monoisotopic (exact) mass is 292 g/mol. The van der Waals surface area contributed by atoms with Gasteiger partial charge in [-0.05, 0) is 24.0 Å². The molecule has 0 fully saturated rings. The normalized spacial score (nSPS) is 13.1. The lowest BCUT2D eigenvalue weighted by atomic mass is 10.0. The lowest BCUT2D eigenvalue weighted by Crippen LogP contribution is -2.12. The molecule has 2 aromatic rings. The Labute approximate surface area is 119 Å². The molecule has 0 amide bonds. The first kappa shape index (κ1) is 14.7. The van der Waals surface area contributed by atoms with Gasteiger partial charge in [0.25, 0.3) is 0 Å². The van der Waals surface area contributed by atoms with Gasteiger partial charge in [-0.25, -0.2) is 4.18 Å². The third kappa shape index (κ3) is 4.77. The van der Waals surface area contributed by atoms with E-state index >= 15 is 0 Å². The summed E-state index contributed by atoms with van der Waals surface area (Å²) in [5.74, 6) is 0. The van der Waals surface area contributed by atoms with Crippen molar-refractivity contribution >= 4 is 10.4 Å². The highest BCUT2D eigenvalue weighted by Crippen LogP contribution is 2.24. The fourth-order valence-corrected chi connectivity index (χ4v) is 2.53. The Morgan fingerprint density at radius 1 is 0.950 bits per heavy atom. The predicted octanol–water partition coefficient (Wildman–Crippen LogP) is 3.18. The maximum absolute atomic E-state index is 11.0. The molecule has 0 aliphatic rings. The zero-order valence-corrected chi connectivity index (χ0v) is 11.7. The van der Waals surface area contributed by atoms with Gasteiger partial charge in [0.15, 0.2) is 0 Å². The highest BCUT2D eigenvalue weighted by Gasteiger charge is 2.18.